The van der Waals surface area contributed by atoms with Gasteiger partial charge in [0, 0.05) is 19.5 Å². The molecule has 15 valence electrons. The molecule has 0 aliphatic carbocycles. The predicted molar refractivity (Wildman–Crippen MR) is 8.95 cm³/mol. The molecule has 4 heavy (non-hydrogen) atoms. The zero-order valence-corrected chi connectivity index (χ0v) is 10.1. The van der Waals surface area contributed by atoms with Crippen LogP contribution in [0.1, 0.15) is 1.43 Å². The van der Waals surface area contributed by atoms with Crippen molar-refractivity contribution in [2.45, 2.75) is 0 Å². The molecular formula is H2GeNaOZn. The van der Waals surface area contributed by atoms with Crippen molar-refractivity contribution in [3.05, 3.63) is 0 Å². The summed E-state index contributed by atoms with van der Waals surface area (Å²) in [5.41, 5.74) is 0. The van der Waals surface area contributed by atoms with Gasteiger partial charge in [0.05, 0.1) is 0 Å². The molecular weight excluding hydrogens is 177 g/mol. The van der Waals surface area contributed by atoms with Crippen LogP contribution < -0.4 is 29.6 Å². The second-order valence-corrected chi connectivity index (χ2v) is 0. The quantitative estimate of drug-likeness (QED) is 0.350. The number of hydrogen-bond acceptors (Lipinski definition) is 1. The van der Waals surface area contributed by atoms with Crippen molar-refractivity contribution in [3.63, 3.8) is 0 Å². The van der Waals surface area contributed by atoms with Crippen molar-refractivity contribution in [2.75, 3.05) is 0 Å². The SMILES string of the molecule is [H-].[Na+].[O]=[GeH].[Zn]. The van der Waals surface area contributed by atoms with Gasteiger partial charge in [-0.1, -0.05) is 0 Å². The van der Waals surface area contributed by atoms with Crippen LogP contribution in [0.15, 0.2) is 0 Å². The Kier molecular flexibility index (Phi) is 84.5. The molecule has 0 aliphatic heterocycles. The van der Waals surface area contributed by atoms with E-state index in [0.29, 0.717) is 16.5 Å². The summed E-state index contributed by atoms with van der Waals surface area (Å²) in [6, 6.07) is 0. The van der Waals surface area contributed by atoms with Gasteiger partial charge in [0.15, 0.2) is 0 Å². The molecule has 1 nitrogen and oxygen atoms in total. The Bertz CT molecular complexity index is 11.6. The van der Waals surface area contributed by atoms with Crippen LogP contribution in [0.2, 0.25) is 0 Å². The molecule has 0 fully saturated rings. The van der Waals surface area contributed by atoms with Crippen LogP contribution >= 0.6 is 0 Å². The van der Waals surface area contributed by atoms with Crippen molar-refractivity contribution in [1.82, 2.24) is 0 Å². The Morgan fingerprint density at radius 3 is 1.50 bits per heavy atom. The first-order valence-corrected chi connectivity index (χ1v) is 1.22. The van der Waals surface area contributed by atoms with Crippen LogP contribution in [0, 0.1) is 0 Å². The zero-order chi connectivity index (χ0) is 2.00. The summed E-state index contributed by atoms with van der Waals surface area (Å²) in [5.74, 6) is 0. The monoisotopic (exact) mass is 179 g/mol. The van der Waals surface area contributed by atoms with Crippen molar-refractivity contribution >= 4 is 16.5 Å². The molecule has 0 unspecified atom stereocenters. The van der Waals surface area contributed by atoms with Crippen LogP contribution in [0.5, 0.6) is 0 Å². The molecule has 0 saturated heterocycles. The Labute approximate surface area is 69.9 Å². The maximum atomic E-state index is 8.31. The first kappa shape index (κ1) is 16.7. The van der Waals surface area contributed by atoms with E-state index >= 15 is 0 Å². The molecule has 0 aliphatic rings. The van der Waals surface area contributed by atoms with Gasteiger partial charge in [-0.3, -0.25) is 0 Å². The van der Waals surface area contributed by atoms with Gasteiger partial charge >= 0.3 is 49.8 Å². The van der Waals surface area contributed by atoms with Crippen molar-refractivity contribution in [1.29, 1.82) is 0 Å². The summed E-state index contributed by atoms with van der Waals surface area (Å²) in [5, 5.41) is 0. The van der Waals surface area contributed by atoms with E-state index in [-0.39, 0.29) is 50.5 Å². The average molecular weight is 179 g/mol. The van der Waals surface area contributed by atoms with Gasteiger partial charge in [0.1, 0.15) is 0 Å². The molecule has 0 heterocycles. The first-order valence-electron chi connectivity index (χ1n) is 0.236. The zero-order valence-electron chi connectivity index (χ0n) is 3.69. The molecule has 0 amide bonds. The molecule has 0 N–H and O–H groups in total. The number of hydrogen-bond donors (Lipinski definition) is 0. The minimum Gasteiger partial charge on any atom is 0 e. The van der Waals surface area contributed by atoms with Gasteiger partial charge in [-0.05, 0) is 0 Å². The Morgan fingerprint density at radius 1 is 1.50 bits per heavy atom. The van der Waals surface area contributed by atoms with Crippen LogP contribution in [0.4, 0.5) is 0 Å². The number of rotatable bonds is 0. The van der Waals surface area contributed by atoms with Gasteiger partial charge < -0.3 is 1.43 Å². The molecule has 0 aromatic carbocycles. The summed E-state index contributed by atoms with van der Waals surface area (Å²) in [7, 11) is 0. The van der Waals surface area contributed by atoms with Gasteiger partial charge in [-0.15, -0.1) is 0 Å². The third kappa shape index (κ3) is 9.03. The third-order valence-corrected chi connectivity index (χ3v) is 0. The smallest absolute Gasteiger partial charge is 0 e. The van der Waals surface area contributed by atoms with E-state index in [1.807, 2.05) is 0 Å². The average Bonchev–Trinajstić information content (AvgIpc) is 1.00. The summed E-state index contributed by atoms with van der Waals surface area (Å²) in [6.45, 7) is 0. The Morgan fingerprint density at radius 2 is 1.50 bits per heavy atom. The minimum absolute atomic E-state index is 0. The molecule has 0 saturated carbocycles. The third-order valence-electron chi connectivity index (χ3n) is 0. The molecule has 0 spiro atoms. The van der Waals surface area contributed by atoms with Crippen LogP contribution in [-0.4, -0.2) is 16.5 Å². The van der Waals surface area contributed by atoms with Crippen molar-refractivity contribution in [3.8, 4) is 0 Å². The van der Waals surface area contributed by atoms with Crippen LogP contribution in [-0.2, 0) is 23.3 Å². The van der Waals surface area contributed by atoms with E-state index in [1.54, 1.807) is 0 Å². The van der Waals surface area contributed by atoms with Gasteiger partial charge in [0.25, 0.3) is 0 Å². The second kappa shape index (κ2) is 20.2. The molecule has 0 aromatic rings. The molecule has 0 bridgehead atoms. The Hall–Kier alpha value is 1.97. The molecule has 0 rings (SSSR count). The second-order valence-electron chi connectivity index (χ2n) is 0. The summed E-state index contributed by atoms with van der Waals surface area (Å²) in [4.78, 5) is 0. The van der Waals surface area contributed by atoms with Gasteiger partial charge in [0.2, 0.25) is 0 Å². The van der Waals surface area contributed by atoms with Crippen molar-refractivity contribution < 1.29 is 54.2 Å². The van der Waals surface area contributed by atoms with E-state index in [9.17, 15) is 0 Å². The normalized spacial score (nSPS) is 1.00. The maximum absolute atomic E-state index is 8.31. The standard InChI is InChI=1S/GeHO.Na.Zn.H/c1-2;;;/h1H;;;/q;+1;;-1. The fourth-order valence-corrected chi connectivity index (χ4v) is 0. The van der Waals surface area contributed by atoms with Gasteiger partial charge in [-0.25, -0.2) is 0 Å². The fourth-order valence-electron chi connectivity index (χ4n) is 0. The Balaban J connectivity index is -0.00000000167. The topological polar surface area (TPSA) is 17.1 Å². The van der Waals surface area contributed by atoms with Crippen molar-refractivity contribution in [2.24, 2.45) is 0 Å². The molecule has 1 radical (unpaired) electrons. The molecule has 0 aromatic heterocycles. The first-order chi connectivity index (χ1) is 1.00. The summed E-state index contributed by atoms with van der Waals surface area (Å²) in [6.07, 6.45) is 0. The van der Waals surface area contributed by atoms with E-state index in [4.69, 9.17) is 3.78 Å². The van der Waals surface area contributed by atoms with Gasteiger partial charge in [-0.2, -0.15) is 0 Å². The molecule has 4 heteroatoms. The fraction of sp³-hybridized carbons (Fsp3) is 0. The van der Waals surface area contributed by atoms with E-state index in [0.717, 1.165) is 0 Å². The molecule has 0 atom stereocenters. The van der Waals surface area contributed by atoms with E-state index in [1.165, 1.54) is 0 Å². The summed E-state index contributed by atoms with van der Waals surface area (Å²) < 4.78 is 8.31. The van der Waals surface area contributed by atoms with Crippen LogP contribution in [0.25, 0.3) is 0 Å². The van der Waals surface area contributed by atoms with E-state index < -0.39 is 0 Å². The van der Waals surface area contributed by atoms with E-state index in [2.05, 4.69) is 0 Å². The predicted octanol–water partition coefficient (Wildman–Crippen LogP) is -3.65. The minimum atomic E-state index is 0. The van der Waals surface area contributed by atoms with Crippen LogP contribution in [0.3, 0.4) is 0 Å². The summed E-state index contributed by atoms with van der Waals surface area (Å²) >= 11 is 0.438. The maximum Gasteiger partial charge on any atom is 0 e. The largest absolute Gasteiger partial charge is 0 e.